The number of halogens is 1. The van der Waals surface area contributed by atoms with Crippen molar-refractivity contribution in [1.29, 1.82) is 0 Å². The van der Waals surface area contributed by atoms with Gasteiger partial charge >= 0.3 is 0 Å². The van der Waals surface area contributed by atoms with Crippen LogP contribution in [0.2, 0.25) is 5.02 Å². The van der Waals surface area contributed by atoms with Gasteiger partial charge in [0.1, 0.15) is 6.61 Å². The van der Waals surface area contributed by atoms with Gasteiger partial charge in [-0.2, -0.15) is 0 Å². The highest BCUT2D eigenvalue weighted by Crippen LogP contribution is 2.17. The molecular formula is C13H19ClN2O2. The predicted octanol–water partition coefficient (Wildman–Crippen LogP) is 1.71. The van der Waals surface area contributed by atoms with Gasteiger partial charge in [0.15, 0.2) is 0 Å². The molecule has 1 N–H and O–H groups in total. The molecule has 100 valence electrons. The van der Waals surface area contributed by atoms with Crippen LogP contribution in [-0.4, -0.2) is 45.2 Å². The topological polar surface area (TPSA) is 41.6 Å². The molecule has 0 bridgehead atoms. The van der Waals surface area contributed by atoms with E-state index in [1.54, 1.807) is 0 Å². The average molecular weight is 271 g/mol. The summed E-state index contributed by atoms with van der Waals surface area (Å²) < 4.78 is 4.82. The highest BCUT2D eigenvalue weighted by Gasteiger charge is 2.15. The SMILES string of the molecule is COCC(=O)N[C@@H](CN(C)C)c1ccc(Cl)cc1. The summed E-state index contributed by atoms with van der Waals surface area (Å²) in [5.41, 5.74) is 1.03. The van der Waals surface area contributed by atoms with Crippen LogP contribution < -0.4 is 5.32 Å². The van der Waals surface area contributed by atoms with Gasteiger partial charge in [-0.15, -0.1) is 0 Å². The number of hydrogen-bond acceptors (Lipinski definition) is 3. The maximum Gasteiger partial charge on any atom is 0.246 e. The third-order valence-corrected chi connectivity index (χ3v) is 2.68. The van der Waals surface area contributed by atoms with Gasteiger partial charge in [-0.25, -0.2) is 0 Å². The lowest BCUT2D eigenvalue weighted by molar-refractivity contribution is -0.125. The van der Waals surface area contributed by atoms with Crippen molar-refractivity contribution in [2.45, 2.75) is 6.04 Å². The first-order valence-corrected chi connectivity index (χ1v) is 6.09. The van der Waals surface area contributed by atoms with E-state index in [0.717, 1.165) is 12.1 Å². The highest BCUT2D eigenvalue weighted by atomic mass is 35.5. The number of benzene rings is 1. The lowest BCUT2D eigenvalue weighted by Crippen LogP contribution is -2.37. The zero-order valence-corrected chi connectivity index (χ0v) is 11.7. The fourth-order valence-electron chi connectivity index (χ4n) is 1.66. The second-order valence-corrected chi connectivity index (χ2v) is 4.80. The maximum absolute atomic E-state index is 11.6. The van der Waals surface area contributed by atoms with Crippen LogP contribution in [0.25, 0.3) is 0 Å². The number of rotatable bonds is 6. The van der Waals surface area contributed by atoms with E-state index >= 15 is 0 Å². The Kier molecular flexibility index (Phi) is 6.12. The Hall–Kier alpha value is -1.10. The van der Waals surface area contributed by atoms with Gasteiger partial charge in [-0.05, 0) is 31.8 Å². The summed E-state index contributed by atoms with van der Waals surface area (Å²) in [7, 11) is 5.43. The van der Waals surface area contributed by atoms with Crippen LogP contribution in [0.5, 0.6) is 0 Å². The number of carbonyl (C=O) groups is 1. The molecule has 18 heavy (non-hydrogen) atoms. The first kappa shape index (κ1) is 15.0. The van der Waals surface area contributed by atoms with E-state index in [2.05, 4.69) is 5.32 Å². The summed E-state index contributed by atoms with van der Waals surface area (Å²) in [6, 6.07) is 7.41. The zero-order valence-electron chi connectivity index (χ0n) is 10.9. The lowest BCUT2D eigenvalue weighted by Gasteiger charge is -2.22. The van der Waals surface area contributed by atoms with Crippen molar-refractivity contribution in [2.24, 2.45) is 0 Å². The summed E-state index contributed by atoms with van der Waals surface area (Å²) in [5, 5.41) is 3.62. The smallest absolute Gasteiger partial charge is 0.246 e. The Labute approximate surface area is 113 Å². The summed E-state index contributed by atoms with van der Waals surface area (Å²) in [5.74, 6) is -0.126. The number of hydrogen-bond donors (Lipinski definition) is 1. The number of ether oxygens (including phenoxy) is 1. The summed E-state index contributed by atoms with van der Waals surface area (Å²) in [4.78, 5) is 13.6. The van der Waals surface area contributed by atoms with E-state index in [1.165, 1.54) is 7.11 Å². The van der Waals surface area contributed by atoms with Crippen molar-refractivity contribution in [3.8, 4) is 0 Å². The van der Waals surface area contributed by atoms with Gasteiger partial charge in [-0.3, -0.25) is 4.79 Å². The van der Waals surface area contributed by atoms with E-state index in [1.807, 2.05) is 43.3 Å². The van der Waals surface area contributed by atoms with Crippen LogP contribution in [0.15, 0.2) is 24.3 Å². The number of nitrogens with one attached hydrogen (secondary N) is 1. The number of nitrogens with zero attached hydrogens (tertiary/aromatic N) is 1. The minimum absolute atomic E-state index is 0.0670. The van der Waals surface area contributed by atoms with Crippen molar-refractivity contribution in [1.82, 2.24) is 10.2 Å². The minimum Gasteiger partial charge on any atom is -0.375 e. The fourth-order valence-corrected chi connectivity index (χ4v) is 1.79. The van der Waals surface area contributed by atoms with Crippen LogP contribution in [0, 0.1) is 0 Å². The number of amides is 1. The third-order valence-electron chi connectivity index (χ3n) is 2.43. The van der Waals surface area contributed by atoms with Gasteiger partial charge in [0.25, 0.3) is 0 Å². The summed E-state index contributed by atoms with van der Waals surface area (Å²) in [6.07, 6.45) is 0. The third kappa shape index (κ3) is 5.04. The predicted molar refractivity (Wildman–Crippen MR) is 72.8 cm³/mol. The van der Waals surface area contributed by atoms with Crippen molar-refractivity contribution in [3.05, 3.63) is 34.9 Å². The first-order valence-electron chi connectivity index (χ1n) is 5.71. The van der Waals surface area contributed by atoms with Crippen LogP contribution in [0.1, 0.15) is 11.6 Å². The summed E-state index contributed by atoms with van der Waals surface area (Å²) in [6.45, 7) is 0.786. The Bertz CT molecular complexity index is 379. The van der Waals surface area contributed by atoms with Gasteiger partial charge < -0.3 is 15.0 Å². The number of carbonyl (C=O) groups excluding carboxylic acids is 1. The molecule has 0 unspecified atom stereocenters. The zero-order chi connectivity index (χ0) is 13.5. The Morgan fingerprint density at radius 2 is 2.00 bits per heavy atom. The molecule has 0 aromatic heterocycles. The largest absolute Gasteiger partial charge is 0.375 e. The minimum atomic E-state index is -0.126. The molecule has 0 saturated carbocycles. The molecule has 0 fully saturated rings. The number of methoxy groups -OCH3 is 1. The molecule has 0 saturated heterocycles. The molecular weight excluding hydrogens is 252 g/mol. The van der Waals surface area contributed by atoms with Gasteiger partial charge in [-0.1, -0.05) is 23.7 Å². The fraction of sp³-hybridized carbons (Fsp3) is 0.462. The lowest BCUT2D eigenvalue weighted by atomic mass is 10.1. The molecule has 0 radical (unpaired) electrons. The van der Waals surface area contributed by atoms with Crippen LogP contribution >= 0.6 is 11.6 Å². The van der Waals surface area contributed by atoms with E-state index in [-0.39, 0.29) is 18.6 Å². The first-order chi connectivity index (χ1) is 8.52. The molecule has 0 aliphatic carbocycles. The van der Waals surface area contributed by atoms with Gasteiger partial charge in [0.2, 0.25) is 5.91 Å². The van der Waals surface area contributed by atoms with Crippen LogP contribution in [-0.2, 0) is 9.53 Å². The monoisotopic (exact) mass is 270 g/mol. The average Bonchev–Trinajstić information content (AvgIpc) is 2.28. The second-order valence-electron chi connectivity index (χ2n) is 4.37. The molecule has 4 nitrogen and oxygen atoms in total. The quantitative estimate of drug-likeness (QED) is 0.856. The van der Waals surface area contributed by atoms with E-state index < -0.39 is 0 Å². The Morgan fingerprint density at radius 1 is 1.39 bits per heavy atom. The van der Waals surface area contributed by atoms with Crippen molar-refractivity contribution in [2.75, 3.05) is 34.4 Å². The molecule has 5 heteroatoms. The summed E-state index contributed by atoms with van der Waals surface area (Å²) >= 11 is 5.86. The standard InChI is InChI=1S/C13H19ClN2O2/c1-16(2)8-12(15-13(17)9-18-3)10-4-6-11(14)7-5-10/h4-7,12H,8-9H2,1-3H3,(H,15,17)/t12-/m0/s1. The molecule has 0 heterocycles. The molecule has 1 aromatic rings. The maximum atomic E-state index is 11.6. The Morgan fingerprint density at radius 3 is 2.50 bits per heavy atom. The van der Waals surface area contributed by atoms with E-state index in [0.29, 0.717) is 5.02 Å². The molecule has 0 aliphatic heterocycles. The van der Waals surface area contributed by atoms with Gasteiger partial charge in [0.05, 0.1) is 6.04 Å². The normalized spacial score (nSPS) is 12.5. The van der Waals surface area contributed by atoms with E-state index in [9.17, 15) is 4.79 Å². The molecule has 1 atom stereocenters. The van der Waals surface area contributed by atoms with Crippen LogP contribution in [0.4, 0.5) is 0 Å². The van der Waals surface area contributed by atoms with Crippen molar-refractivity contribution >= 4 is 17.5 Å². The number of likely N-dealkylation sites (N-methyl/N-ethyl adjacent to an activating group) is 1. The van der Waals surface area contributed by atoms with Gasteiger partial charge in [0, 0.05) is 18.7 Å². The van der Waals surface area contributed by atoms with Crippen LogP contribution in [0.3, 0.4) is 0 Å². The molecule has 1 rings (SSSR count). The van der Waals surface area contributed by atoms with E-state index in [4.69, 9.17) is 16.3 Å². The molecule has 1 aromatic carbocycles. The Balaban J connectivity index is 2.77. The molecule has 0 aliphatic rings. The van der Waals surface area contributed by atoms with Crippen molar-refractivity contribution < 1.29 is 9.53 Å². The van der Waals surface area contributed by atoms with Crippen molar-refractivity contribution in [3.63, 3.8) is 0 Å². The molecule has 0 spiro atoms. The highest BCUT2D eigenvalue weighted by molar-refractivity contribution is 6.30. The second kappa shape index (κ2) is 7.36. The molecule has 1 amide bonds.